The van der Waals surface area contributed by atoms with Gasteiger partial charge in [-0.2, -0.15) is 5.10 Å². The second-order valence-corrected chi connectivity index (χ2v) is 2.69. The normalized spacial score (nSPS) is 10.2. The summed E-state index contributed by atoms with van der Waals surface area (Å²) in [6.07, 6.45) is 3.28. The van der Waals surface area contributed by atoms with E-state index in [1.807, 2.05) is 0 Å². The number of hydrogen-bond acceptors (Lipinski definition) is 3. The van der Waals surface area contributed by atoms with Crippen molar-refractivity contribution in [3.8, 4) is 22.6 Å². The van der Waals surface area contributed by atoms with Crippen molar-refractivity contribution in [2.24, 2.45) is 0 Å². The van der Waals surface area contributed by atoms with Gasteiger partial charge in [-0.05, 0) is 12.1 Å². The van der Waals surface area contributed by atoms with Gasteiger partial charge in [0.2, 0.25) is 0 Å². The number of rotatable bonds is 1. The Kier molecular flexibility index (Phi) is 1.66. The summed E-state index contributed by atoms with van der Waals surface area (Å²) in [4.78, 5) is 0. The van der Waals surface area contributed by atoms with Gasteiger partial charge in [-0.1, -0.05) is 0 Å². The van der Waals surface area contributed by atoms with Crippen molar-refractivity contribution in [2.75, 3.05) is 0 Å². The maximum atomic E-state index is 9.46. The molecule has 0 fully saturated rings. The lowest BCUT2D eigenvalue weighted by molar-refractivity contribution is 0.452. The van der Waals surface area contributed by atoms with Crippen molar-refractivity contribution in [3.05, 3.63) is 30.6 Å². The van der Waals surface area contributed by atoms with Crippen LogP contribution in [-0.2, 0) is 0 Å². The van der Waals surface area contributed by atoms with Gasteiger partial charge in [0, 0.05) is 23.4 Å². The molecule has 0 saturated heterocycles. The molecule has 0 aliphatic heterocycles. The number of aromatic hydroxyl groups is 2. The first kappa shape index (κ1) is 7.67. The molecule has 0 spiro atoms. The first-order chi connectivity index (χ1) is 6.27. The molecule has 1 aromatic carbocycles. The summed E-state index contributed by atoms with van der Waals surface area (Å²) in [5.41, 5.74) is 1.43. The van der Waals surface area contributed by atoms with Gasteiger partial charge in [0.15, 0.2) is 0 Å². The van der Waals surface area contributed by atoms with Crippen molar-refractivity contribution in [1.29, 1.82) is 0 Å². The third kappa shape index (κ3) is 1.33. The van der Waals surface area contributed by atoms with Crippen LogP contribution >= 0.6 is 0 Å². The van der Waals surface area contributed by atoms with E-state index in [1.54, 1.807) is 18.5 Å². The summed E-state index contributed by atoms with van der Waals surface area (Å²) in [5.74, 6) is 0.0890. The highest BCUT2D eigenvalue weighted by Gasteiger charge is 2.05. The predicted molar refractivity (Wildman–Crippen MR) is 47.4 cm³/mol. The topological polar surface area (TPSA) is 69.1 Å². The van der Waals surface area contributed by atoms with E-state index in [0.29, 0.717) is 5.56 Å². The fourth-order valence-electron chi connectivity index (χ4n) is 1.16. The van der Waals surface area contributed by atoms with Gasteiger partial charge in [0.05, 0.1) is 6.20 Å². The zero-order valence-electron chi connectivity index (χ0n) is 6.73. The number of aromatic nitrogens is 2. The van der Waals surface area contributed by atoms with Crippen LogP contribution in [0.25, 0.3) is 11.1 Å². The van der Waals surface area contributed by atoms with Gasteiger partial charge in [-0.25, -0.2) is 0 Å². The maximum absolute atomic E-state index is 9.46. The Morgan fingerprint density at radius 1 is 1.23 bits per heavy atom. The molecule has 2 aromatic rings. The summed E-state index contributed by atoms with van der Waals surface area (Å²) in [6.45, 7) is 0. The molecule has 1 aromatic heterocycles. The minimum Gasteiger partial charge on any atom is -0.508 e. The fraction of sp³-hybridized carbons (Fsp3) is 0. The average Bonchev–Trinajstić information content (AvgIpc) is 2.56. The van der Waals surface area contributed by atoms with Crippen LogP contribution in [0.1, 0.15) is 0 Å². The molecule has 0 atom stereocenters. The van der Waals surface area contributed by atoms with Crippen LogP contribution in [0.5, 0.6) is 11.5 Å². The highest BCUT2D eigenvalue weighted by molar-refractivity contribution is 5.69. The van der Waals surface area contributed by atoms with Crippen molar-refractivity contribution in [1.82, 2.24) is 10.2 Å². The highest BCUT2D eigenvalue weighted by Crippen LogP contribution is 2.30. The molecule has 2 rings (SSSR count). The van der Waals surface area contributed by atoms with E-state index in [4.69, 9.17) is 5.11 Å². The number of nitrogens with zero attached hydrogens (tertiary/aromatic N) is 1. The molecule has 0 bridgehead atoms. The van der Waals surface area contributed by atoms with Crippen molar-refractivity contribution >= 4 is 0 Å². The average molecular weight is 176 g/mol. The number of hydrogen-bond donors (Lipinski definition) is 3. The molecule has 1 heterocycles. The van der Waals surface area contributed by atoms with Crippen LogP contribution in [0, 0.1) is 0 Å². The molecule has 66 valence electrons. The predicted octanol–water partition coefficient (Wildman–Crippen LogP) is 1.49. The lowest BCUT2D eigenvalue weighted by Crippen LogP contribution is -1.75. The van der Waals surface area contributed by atoms with Crippen LogP contribution in [-0.4, -0.2) is 20.4 Å². The van der Waals surface area contributed by atoms with E-state index in [9.17, 15) is 5.11 Å². The van der Waals surface area contributed by atoms with Gasteiger partial charge in [0.1, 0.15) is 11.5 Å². The van der Waals surface area contributed by atoms with Gasteiger partial charge < -0.3 is 10.2 Å². The summed E-state index contributed by atoms with van der Waals surface area (Å²) in [7, 11) is 0. The van der Waals surface area contributed by atoms with Crippen LogP contribution < -0.4 is 0 Å². The maximum Gasteiger partial charge on any atom is 0.127 e. The lowest BCUT2D eigenvalue weighted by atomic mass is 10.1. The summed E-state index contributed by atoms with van der Waals surface area (Å²) < 4.78 is 0. The van der Waals surface area contributed by atoms with Gasteiger partial charge in [-0.15, -0.1) is 0 Å². The fourth-order valence-corrected chi connectivity index (χ4v) is 1.16. The highest BCUT2D eigenvalue weighted by atomic mass is 16.3. The number of benzene rings is 1. The van der Waals surface area contributed by atoms with E-state index < -0.39 is 0 Å². The van der Waals surface area contributed by atoms with Crippen LogP contribution in [0.4, 0.5) is 0 Å². The molecule has 0 aliphatic rings. The molecule has 4 heteroatoms. The third-order valence-corrected chi connectivity index (χ3v) is 1.79. The Morgan fingerprint density at radius 3 is 2.69 bits per heavy atom. The Balaban J connectivity index is 2.53. The molecule has 0 radical (unpaired) electrons. The van der Waals surface area contributed by atoms with Crippen LogP contribution in [0.15, 0.2) is 30.6 Å². The Morgan fingerprint density at radius 2 is 2.08 bits per heavy atom. The Bertz CT molecular complexity index is 410. The molecule has 3 N–H and O–H groups in total. The van der Waals surface area contributed by atoms with Crippen molar-refractivity contribution in [3.63, 3.8) is 0 Å². The summed E-state index contributed by atoms with van der Waals surface area (Å²) in [5, 5.41) is 24.9. The second-order valence-electron chi connectivity index (χ2n) is 2.69. The largest absolute Gasteiger partial charge is 0.508 e. The molecular formula is C9H8N2O2. The first-order valence-corrected chi connectivity index (χ1v) is 3.78. The summed E-state index contributed by atoms with van der Waals surface area (Å²) >= 11 is 0. The van der Waals surface area contributed by atoms with E-state index in [-0.39, 0.29) is 11.5 Å². The number of nitrogens with one attached hydrogen (secondary N) is 1. The first-order valence-electron chi connectivity index (χ1n) is 3.78. The minimum absolute atomic E-state index is 0.0430. The van der Waals surface area contributed by atoms with Gasteiger partial charge >= 0.3 is 0 Å². The number of phenolic OH excluding ortho intramolecular Hbond substituents is 2. The molecule has 0 saturated carbocycles. The Hall–Kier alpha value is -1.97. The Labute approximate surface area is 74.5 Å². The zero-order chi connectivity index (χ0) is 9.26. The third-order valence-electron chi connectivity index (χ3n) is 1.79. The van der Waals surface area contributed by atoms with Crippen LogP contribution in [0.3, 0.4) is 0 Å². The zero-order valence-corrected chi connectivity index (χ0v) is 6.73. The molecule has 0 unspecified atom stereocenters. The van der Waals surface area contributed by atoms with E-state index >= 15 is 0 Å². The number of phenols is 2. The SMILES string of the molecule is Oc1ccc(-c2cn[nH]c2)c(O)c1. The molecule has 13 heavy (non-hydrogen) atoms. The van der Waals surface area contributed by atoms with Crippen molar-refractivity contribution < 1.29 is 10.2 Å². The molecule has 0 aliphatic carbocycles. The number of H-pyrrole nitrogens is 1. The smallest absolute Gasteiger partial charge is 0.127 e. The summed E-state index contributed by atoms with van der Waals surface area (Å²) in [6, 6.07) is 4.44. The molecule has 4 nitrogen and oxygen atoms in total. The quantitative estimate of drug-likeness (QED) is 0.616. The monoisotopic (exact) mass is 176 g/mol. The number of aromatic amines is 1. The molecular weight excluding hydrogens is 168 g/mol. The standard InChI is InChI=1S/C9H8N2O2/c12-7-1-2-8(9(13)3-7)6-4-10-11-5-6/h1-5,12-13H,(H,10,11). The van der Waals surface area contributed by atoms with Crippen molar-refractivity contribution in [2.45, 2.75) is 0 Å². The molecule has 0 amide bonds. The van der Waals surface area contributed by atoms with Gasteiger partial charge in [0.25, 0.3) is 0 Å². The van der Waals surface area contributed by atoms with Gasteiger partial charge in [-0.3, -0.25) is 5.10 Å². The van der Waals surface area contributed by atoms with E-state index in [2.05, 4.69) is 10.2 Å². The van der Waals surface area contributed by atoms with E-state index in [1.165, 1.54) is 12.1 Å². The van der Waals surface area contributed by atoms with Crippen LogP contribution in [0.2, 0.25) is 0 Å². The van der Waals surface area contributed by atoms with E-state index in [0.717, 1.165) is 5.56 Å². The lowest BCUT2D eigenvalue weighted by Gasteiger charge is -2.01. The minimum atomic E-state index is 0.0430. The second kappa shape index (κ2) is 2.82.